The van der Waals surface area contributed by atoms with Gasteiger partial charge in [0, 0.05) is 34.5 Å². The van der Waals surface area contributed by atoms with Gasteiger partial charge in [-0.05, 0) is 78.8 Å². The van der Waals surface area contributed by atoms with Crippen molar-refractivity contribution in [3.8, 4) is 45.6 Å². The molecule has 3 heterocycles. The smallest absolute Gasteiger partial charge is 0.165 e. The van der Waals surface area contributed by atoms with E-state index in [0.29, 0.717) is 17.5 Å². The van der Waals surface area contributed by atoms with E-state index >= 15 is 0 Å². The summed E-state index contributed by atoms with van der Waals surface area (Å²) in [6, 6.07) is 52.6. The number of benzene rings is 7. The minimum absolute atomic E-state index is 0.560. The van der Waals surface area contributed by atoms with E-state index in [0.717, 1.165) is 71.2 Å². The first-order chi connectivity index (χ1) is 24.8. The molecule has 50 heavy (non-hydrogen) atoms. The monoisotopic (exact) mass is 637 g/mol. The van der Waals surface area contributed by atoms with Gasteiger partial charge in [-0.2, -0.15) is 0 Å². The zero-order valence-electron chi connectivity index (χ0n) is 26.8. The van der Waals surface area contributed by atoms with E-state index < -0.39 is 0 Å². The van der Waals surface area contributed by atoms with Gasteiger partial charge in [0.15, 0.2) is 17.5 Å². The van der Waals surface area contributed by atoms with Crippen molar-refractivity contribution in [2.75, 3.05) is 0 Å². The maximum Gasteiger partial charge on any atom is 0.165 e. The summed E-state index contributed by atoms with van der Waals surface area (Å²) in [7, 11) is 0. The predicted molar refractivity (Wildman–Crippen MR) is 205 cm³/mol. The Morgan fingerprint density at radius 3 is 1.38 bits per heavy atom. The van der Waals surface area contributed by atoms with Gasteiger partial charge in [0.2, 0.25) is 0 Å². The van der Waals surface area contributed by atoms with Gasteiger partial charge in [-0.3, -0.25) is 9.97 Å². The molecule has 0 fully saturated rings. The van der Waals surface area contributed by atoms with Crippen LogP contribution in [0.15, 0.2) is 164 Å². The molecule has 3 aromatic heterocycles. The fourth-order valence-corrected chi connectivity index (χ4v) is 7.21. The standard InChI is InChI=1S/C45H27N5/c1-6-16-34-28(11-1)23-24-46-42(34)41-22-21-31(27-47-41)43-48-44(39-25-29-12-2-4-14-32(29)35-17-7-9-19-37(35)39)50-45(49-43)40-26-30-13-3-5-15-33(30)36-18-8-10-20-38(36)40/h1-27H. The second kappa shape index (κ2) is 11.4. The Hall–Kier alpha value is -6.85. The van der Waals surface area contributed by atoms with Crippen molar-refractivity contribution in [2.24, 2.45) is 0 Å². The lowest BCUT2D eigenvalue weighted by Gasteiger charge is -2.14. The molecule has 0 amide bonds. The summed E-state index contributed by atoms with van der Waals surface area (Å²) in [5.74, 6) is 1.79. The maximum absolute atomic E-state index is 5.26. The first kappa shape index (κ1) is 28.2. The van der Waals surface area contributed by atoms with Crippen LogP contribution < -0.4 is 0 Å². The third-order valence-corrected chi connectivity index (χ3v) is 9.59. The summed E-state index contributed by atoms with van der Waals surface area (Å²) in [5.41, 5.74) is 4.35. The van der Waals surface area contributed by atoms with E-state index in [4.69, 9.17) is 24.9 Å². The highest BCUT2D eigenvalue weighted by molar-refractivity contribution is 6.14. The molecule has 0 bridgehead atoms. The average molecular weight is 638 g/mol. The molecule has 0 unspecified atom stereocenters. The maximum atomic E-state index is 5.26. The normalized spacial score (nSPS) is 11.6. The van der Waals surface area contributed by atoms with Gasteiger partial charge in [-0.1, -0.05) is 121 Å². The van der Waals surface area contributed by atoms with Crippen molar-refractivity contribution >= 4 is 53.9 Å². The molecule has 5 nitrogen and oxygen atoms in total. The third kappa shape index (κ3) is 4.60. The second-order valence-corrected chi connectivity index (χ2v) is 12.5. The van der Waals surface area contributed by atoms with Crippen LogP contribution in [0.2, 0.25) is 0 Å². The van der Waals surface area contributed by atoms with Gasteiger partial charge in [-0.15, -0.1) is 0 Å². The molecule has 0 saturated heterocycles. The highest BCUT2D eigenvalue weighted by Gasteiger charge is 2.18. The van der Waals surface area contributed by atoms with Crippen LogP contribution >= 0.6 is 0 Å². The topological polar surface area (TPSA) is 64.5 Å². The van der Waals surface area contributed by atoms with Crippen molar-refractivity contribution in [1.82, 2.24) is 24.9 Å². The second-order valence-electron chi connectivity index (χ2n) is 12.5. The largest absolute Gasteiger partial charge is 0.254 e. The summed E-state index contributed by atoms with van der Waals surface area (Å²) < 4.78 is 0. The number of hydrogen-bond donors (Lipinski definition) is 0. The zero-order valence-corrected chi connectivity index (χ0v) is 26.8. The lowest BCUT2D eigenvalue weighted by Crippen LogP contribution is -2.02. The highest BCUT2D eigenvalue weighted by Crippen LogP contribution is 2.38. The van der Waals surface area contributed by atoms with Crippen LogP contribution in [0.4, 0.5) is 0 Å². The van der Waals surface area contributed by atoms with Crippen LogP contribution in [-0.4, -0.2) is 24.9 Å². The predicted octanol–water partition coefficient (Wildman–Crippen LogP) is 11.1. The molecular formula is C45H27N5. The van der Waals surface area contributed by atoms with Crippen molar-refractivity contribution in [3.63, 3.8) is 0 Å². The van der Waals surface area contributed by atoms with Gasteiger partial charge in [0.1, 0.15) is 0 Å². The van der Waals surface area contributed by atoms with E-state index in [1.54, 1.807) is 0 Å². The molecule has 0 spiro atoms. The van der Waals surface area contributed by atoms with Gasteiger partial charge in [0.25, 0.3) is 0 Å². The molecule has 0 N–H and O–H groups in total. The third-order valence-electron chi connectivity index (χ3n) is 9.59. The Morgan fingerprint density at radius 1 is 0.340 bits per heavy atom. The van der Waals surface area contributed by atoms with E-state index in [-0.39, 0.29) is 0 Å². The number of hydrogen-bond acceptors (Lipinski definition) is 5. The number of aromatic nitrogens is 5. The number of pyridine rings is 2. The molecule has 10 rings (SSSR count). The molecule has 0 aliphatic carbocycles. The molecular weight excluding hydrogens is 611 g/mol. The van der Waals surface area contributed by atoms with E-state index in [2.05, 4.69) is 121 Å². The molecule has 0 saturated carbocycles. The Balaban J connectivity index is 1.22. The van der Waals surface area contributed by atoms with E-state index in [9.17, 15) is 0 Å². The molecule has 5 heteroatoms. The van der Waals surface area contributed by atoms with Crippen LogP contribution in [0.3, 0.4) is 0 Å². The number of rotatable bonds is 4. The Kier molecular flexibility index (Phi) is 6.42. The van der Waals surface area contributed by atoms with Crippen LogP contribution in [0.5, 0.6) is 0 Å². The Labute approximate surface area is 287 Å². The van der Waals surface area contributed by atoms with Gasteiger partial charge >= 0.3 is 0 Å². The van der Waals surface area contributed by atoms with Crippen molar-refractivity contribution < 1.29 is 0 Å². The van der Waals surface area contributed by atoms with Crippen LogP contribution in [0.1, 0.15) is 0 Å². The Bertz CT molecular complexity index is 2790. The molecule has 7 aromatic carbocycles. The number of fused-ring (bicyclic) bond motifs is 7. The summed E-state index contributed by atoms with van der Waals surface area (Å²) in [5, 5.41) is 11.4. The Morgan fingerprint density at radius 2 is 0.820 bits per heavy atom. The van der Waals surface area contributed by atoms with Crippen molar-refractivity contribution in [1.29, 1.82) is 0 Å². The highest BCUT2D eigenvalue weighted by atomic mass is 15.0. The fraction of sp³-hybridized carbons (Fsp3) is 0. The fourth-order valence-electron chi connectivity index (χ4n) is 7.21. The first-order valence-electron chi connectivity index (χ1n) is 16.7. The van der Waals surface area contributed by atoms with Gasteiger partial charge in [0.05, 0.1) is 11.4 Å². The first-order valence-corrected chi connectivity index (χ1v) is 16.7. The molecule has 0 aliphatic heterocycles. The van der Waals surface area contributed by atoms with Gasteiger partial charge < -0.3 is 0 Å². The molecule has 0 atom stereocenters. The SMILES string of the molecule is c1ccc2c(-c3ccc(-c4nc(-c5cc6ccccc6c6ccccc56)nc(-c5cc6ccccc6c6ccccc56)n4)cn3)nccc2c1. The number of nitrogens with zero attached hydrogens (tertiary/aromatic N) is 5. The minimum Gasteiger partial charge on any atom is -0.254 e. The summed E-state index contributed by atoms with van der Waals surface area (Å²) >= 11 is 0. The van der Waals surface area contributed by atoms with Crippen molar-refractivity contribution in [3.05, 3.63) is 164 Å². The average Bonchev–Trinajstić information content (AvgIpc) is 3.20. The van der Waals surface area contributed by atoms with E-state index in [1.807, 2.05) is 42.7 Å². The van der Waals surface area contributed by atoms with Crippen LogP contribution in [0.25, 0.3) is 99.4 Å². The van der Waals surface area contributed by atoms with Crippen LogP contribution in [-0.2, 0) is 0 Å². The molecule has 0 radical (unpaired) electrons. The summed E-state index contributed by atoms with van der Waals surface area (Å²) in [6.07, 6.45) is 3.68. The lowest BCUT2D eigenvalue weighted by molar-refractivity contribution is 1.07. The minimum atomic E-state index is 0.560. The summed E-state index contributed by atoms with van der Waals surface area (Å²) in [4.78, 5) is 25.2. The van der Waals surface area contributed by atoms with Gasteiger partial charge in [-0.25, -0.2) is 15.0 Å². The van der Waals surface area contributed by atoms with Crippen molar-refractivity contribution in [2.45, 2.75) is 0 Å². The summed E-state index contributed by atoms with van der Waals surface area (Å²) in [6.45, 7) is 0. The molecule has 10 aromatic rings. The van der Waals surface area contributed by atoms with Crippen LogP contribution in [0, 0.1) is 0 Å². The molecule has 0 aliphatic rings. The lowest BCUT2D eigenvalue weighted by atomic mass is 9.96. The molecule has 232 valence electrons. The quantitative estimate of drug-likeness (QED) is 0.180. The zero-order chi connectivity index (χ0) is 33.0. The van der Waals surface area contributed by atoms with E-state index in [1.165, 1.54) is 10.8 Å².